The molecule has 1 saturated carbocycles. The summed E-state index contributed by atoms with van der Waals surface area (Å²) in [5.41, 5.74) is 0.890. The maximum absolute atomic E-state index is 12.4. The summed E-state index contributed by atoms with van der Waals surface area (Å²) in [6.45, 7) is 0. The predicted octanol–water partition coefficient (Wildman–Crippen LogP) is 4.88. The van der Waals surface area contributed by atoms with Crippen LogP contribution in [-0.4, -0.2) is 40.3 Å². The van der Waals surface area contributed by atoms with E-state index in [-0.39, 0.29) is 29.9 Å². The van der Waals surface area contributed by atoms with Gasteiger partial charge in [0.05, 0.1) is 40.6 Å². The minimum Gasteiger partial charge on any atom is -0.474 e. The van der Waals surface area contributed by atoms with Crippen LogP contribution in [-0.2, 0) is 9.53 Å². The highest BCUT2D eigenvalue weighted by Crippen LogP contribution is 2.31. The average molecular weight is 506 g/mol. The van der Waals surface area contributed by atoms with Gasteiger partial charge in [0, 0.05) is 6.07 Å². The molecular formula is C22H21Cl2N5O5. The van der Waals surface area contributed by atoms with Crippen LogP contribution in [0.1, 0.15) is 36.4 Å². The van der Waals surface area contributed by atoms with E-state index in [9.17, 15) is 9.59 Å². The molecule has 1 aromatic carbocycles. The number of aromatic nitrogens is 3. The molecule has 0 bridgehead atoms. The van der Waals surface area contributed by atoms with Crippen molar-refractivity contribution < 1.29 is 23.5 Å². The molecule has 12 heteroatoms. The Kier molecular flexibility index (Phi) is 7.49. The zero-order valence-electron chi connectivity index (χ0n) is 18.1. The van der Waals surface area contributed by atoms with E-state index in [0.717, 1.165) is 25.7 Å². The molecule has 0 aliphatic heterocycles. The van der Waals surface area contributed by atoms with Crippen LogP contribution in [0.2, 0.25) is 10.0 Å². The molecular weight excluding hydrogens is 485 g/mol. The lowest BCUT2D eigenvalue weighted by Gasteiger charge is -2.27. The fourth-order valence-electron chi connectivity index (χ4n) is 3.54. The Morgan fingerprint density at radius 1 is 1.09 bits per heavy atom. The third-order valence-corrected chi connectivity index (χ3v) is 6.12. The fourth-order valence-corrected chi connectivity index (χ4v) is 3.89. The van der Waals surface area contributed by atoms with Crippen LogP contribution in [0.4, 0.5) is 17.4 Å². The highest BCUT2D eigenvalue weighted by Gasteiger charge is 2.28. The maximum atomic E-state index is 12.4. The summed E-state index contributed by atoms with van der Waals surface area (Å²) in [7, 11) is 1.40. The summed E-state index contributed by atoms with van der Waals surface area (Å²) in [5, 5.41) is 13.6. The normalized spacial score (nSPS) is 17.6. The van der Waals surface area contributed by atoms with Gasteiger partial charge in [-0.15, -0.1) is 5.10 Å². The Bertz CT molecular complexity index is 1160. The quantitative estimate of drug-likeness (QED) is 0.431. The van der Waals surface area contributed by atoms with Crippen LogP contribution in [0.5, 0.6) is 5.88 Å². The van der Waals surface area contributed by atoms with E-state index in [2.05, 4.69) is 25.8 Å². The van der Waals surface area contributed by atoms with E-state index in [1.807, 2.05) is 0 Å². The smallest absolute Gasteiger partial charge is 0.320 e. The molecule has 34 heavy (non-hydrogen) atoms. The van der Waals surface area contributed by atoms with Crippen molar-refractivity contribution in [2.24, 2.45) is 5.92 Å². The van der Waals surface area contributed by atoms with E-state index in [0.29, 0.717) is 27.3 Å². The van der Waals surface area contributed by atoms with E-state index in [1.165, 1.54) is 13.3 Å². The molecule has 0 spiro atoms. The van der Waals surface area contributed by atoms with Gasteiger partial charge in [-0.3, -0.25) is 9.59 Å². The van der Waals surface area contributed by atoms with Crippen molar-refractivity contribution in [1.29, 1.82) is 0 Å². The van der Waals surface area contributed by atoms with Gasteiger partial charge in [0.25, 0.3) is 0 Å². The number of nitrogens with zero attached hydrogens (tertiary/aromatic N) is 3. The monoisotopic (exact) mass is 505 g/mol. The highest BCUT2D eigenvalue weighted by molar-refractivity contribution is 6.43. The minimum atomic E-state index is -0.602. The van der Waals surface area contributed by atoms with Gasteiger partial charge in [-0.1, -0.05) is 34.4 Å². The van der Waals surface area contributed by atoms with Crippen molar-refractivity contribution in [3.05, 3.63) is 52.5 Å². The number of methoxy groups -OCH3 is 1. The van der Waals surface area contributed by atoms with Gasteiger partial charge in [0.15, 0.2) is 0 Å². The molecule has 2 N–H and O–H groups in total. The summed E-state index contributed by atoms with van der Waals surface area (Å²) in [5.74, 6) is -0.660. The molecule has 0 unspecified atom stereocenters. The first-order chi connectivity index (χ1) is 16.4. The Morgan fingerprint density at radius 3 is 2.59 bits per heavy atom. The van der Waals surface area contributed by atoms with E-state index in [4.69, 9.17) is 37.1 Å². The summed E-state index contributed by atoms with van der Waals surface area (Å²) in [6, 6.07) is 8.32. The fraction of sp³-hybridized carbons (Fsp3) is 0.318. The lowest BCUT2D eigenvalue weighted by Crippen LogP contribution is -2.28. The first kappa shape index (κ1) is 23.8. The van der Waals surface area contributed by atoms with Crippen LogP contribution in [0.3, 0.4) is 0 Å². The second-order valence-corrected chi connectivity index (χ2v) is 8.38. The first-order valence-corrected chi connectivity index (χ1v) is 11.2. The molecule has 1 fully saturated rings. The number of hydrogen-bond donors (Lipinski definition) is 2. The zero-order valence-corrected chi connectivity index (χ0v) is 19.6. The number of ether oxygens (including phenoxy) is 2. The maximum Gasteiger partial charge on any atom is 0.320 e. The number of halogens is 2. The van der Waals surface area contributed by atoms with Crippen molar-refractivity contribution >= 4 is 52.5 Å². The topological polar surface area (TPSA) is 128 Å². The predicted molar refractivity (Wildman–Crippen MR) is 125 cm³/mol. The molecule has 2 heterocycles. The number of carbonyl (C=O) groups is 2. The summed E-state index contributed by atoms with van der Waals surface area (Å²) < 4.78 is 16.0. The van der Waals surface area contributed by atoms with Crippen molar-refractivity contribution in [2.45, 2.75) is 31.8 Å². The Labute approximate surface area is 205 Å². The lowest BCUT2D eigenvalue weighted by molar-refractivity contribution is -0.147. The van der Waals surface area contributed by atoms with Crippen molar-refractivity contribution in [2.75, 3.05) is 17.7 Å². The molecule has 0 atom stereocenters. The molecule has 2 aromatic heterocycles. The van der Waals surface area contributed by atoms with Crippen LogP contribution >= 0.6 is 23.2 Å². The molecule has 0 radical (unpaired) electrons. The van der Waals surface area contributed by atoms with Crippen molar-refractivity contribution in [3.63, 3.8) is 0 Å². The SMILES string of the molecule is COC(=O)[C@H]1CC[C@@H](Oc2ccc(NC(=O)c3nnc(Nc4cccc(Cl)c4Cl)o3)cn2)CC1. The van der Waals surface area contributed by atoms with Crippen LogP contribution in [0.25, 0.3) is 0 Å². The van der Waals surface area contributed by atoms with Gasteiger partial charge in [-0.2, -0.15) is 0 Å². The molecule has 1 amide bonds. The number of anilines is 3. The standard InChI is InChI=1S/C22H21Cl2N5O5/c1-32-21(31)12-5-8-14(9-6-12)33-17-10-7-13(11-25-17)26-19(30)20-28-29-22(34-20)27-16-4-2-3-15(23)18(16)24/h2-4,7,10-12,14H,5-6,8-9H2,1H3,(H,26,30)(H,27,29)/t12-,14+. The highest BCUT2D eigenvalue weighted by atomic mass is 35.5. The number of amides is 1. The number of pyridine rings is 1. The van der Waals surface area contributed by atoms with Crippen LogP contribution in [0.15, 0.2) is 40.9 Å². The van der Waals surface area contributed by atoms with Gasteiger partial charge < -0.3 is 24.5 Å². The number of carbonyl (C=O) groups excluding carboxylic acids is 2. The molecule has 1 aliphatic carbocycles. The number of hydrogen-bond acceptors (Lipinski definition) is 9. The Morgan fingerprint density at radius 2 is 1.88 bits per heavy atom. The zero-order chi connectivity index (χ0) is 24.1. The van der Waals surface area contributed by atoms with Crippen molar-refractivity contribution in [3.8, 4) is 5.88 Å². The Balaban J connectivity index is 1.29. The second kappa shape index (κ2) is 10.7. The lowest BCUT2D eigenvalue weighted by atomic mass is 9.87. The van der Waals surface area contributed by atoms with E-state index in [1.54, 1.807) is 30.3 Å². The molecule has 3 aromatic rings. The molecule has 178 valence electrons. The van der Waals surface area contributed by atoms with Gasteiger partial charge in [0.2, 0.25) is 5.88 Å². The number of esters is 1. The average Bonchev–Trinajstić information content (AvgIpc) is 3.32. The third kappa shape index (κ3) is 5.75. The van der Waals surface area contributed by atoms with Gasteiger partial charge >= 0.3 is 23.8 Å². The van der Waals surface area contributed by atoms with Gasteiger partial charge in [-0.05, 0) is 43.9 Å². The molecule has 1 aliphatic rings. The largest absolute Gasteiger partial charge is 0.474 e. The van der Waals surface area contributed by atoms with E-state index < -0.39 is 5.91 Å². The molecule has 0 saturated heterocycles. The molecule has 10 nitrogen and oxygen atoms in total. The van der Waals surface area contributed by atoms with Crippen LogP contribution < -0.4 is 15.4 Å². The van der Waals surface area contributed by atoms with Crippen molar-refractivity contribution in [1.82, 2.24) is 15.2 Å². The number of nitrogens with one attached hydrogen (secondary N) is 2. The second-order valence-electron chi connectivity index (χ2n) is 7.59. The summed E-state index contributed by atoms with van der Waals surface area (Å²) in [6.07, 6.45) is 4.37. The third-order valence-electron chi connectivity index (χ3n) is 5.30. The first-order valence-electron chi connectivity index (χ1n) is 10.5. The molecule has 4 rings (SSSR count). The number of rotatable bonds is 7. The minimum absolute atomic E-state index is 0.0156. The summed E-state index contributed by atoms with van der Waals surface area (Å²) >= 11 is 12.1. The van der Waals surface area contributed by atoms with Crippen LogP contribution in [0, 0.1) is 5.92 Å². The van der Waals surface area contributed by atoms with Gasteiger partial charge in [0.1, 0.15) is 6.10 Å². The summed E-state index contributed by atoms with van der Waals surface area (Å²) in [4.78, 5) is 28.3. The van der Waals surface area contributed by atoms with Gasteiger partial charge in [-0.25, -0.2) is 4.98 Å². The number of benzene rings is 1. The van der Waals surface area contributed by atoms with E-state index >= 15 is 0 Å². The Hall–Kier alpha value is -3.37.